The molecule has 1 atom stereocenters. The summed E-state index contributed by atoms with van der Waals surface area (Å²) in [6.07, 6.45) is 1.13. The number of carboxylic acid groups (broad SMARTS) is 1. The molecule has 118 valence electrons. The summed E-state index contributed by atoms with van der Waals surface area (Å²) in [6.45, 7) is -0.736. The summed E-state index contributed by atoms with van der Waals surface area (Å²) in [4.78, 5) is 11.1. The number of aliphatic carboxylic acids is 1. The summed E-state index contributed by atoms with van der Waals surface area (Å²) in [5.41, 5.74) is 0. The molecule has 0 aromatic carbocycles. The van der Waals surface area contributed by atoms with Crippen molar-refractivity contribution in [2.45, 2.75) is 12.5 Å². The van der Waals surface area contributed by atoms with Crippen molar-refractivity contribution in [2.24, 2.45) is 0 Å². The molecule has 0 radical (unpaired) electrons. The number of rotatable bonds is 6. The highest BCUT2D eigenvalue weighted by Crippen LogP contribution is 2.17. The molecule has 1 aliphatic rings. The van der Waals surface area contributed by atoms with E-state index in [4.69, 9.17) is 11.6 Å². The van der Waals surface area contributed by atoms with Gasteiger partial charge in [-0.2, -0.15) is 8.61 Å². The molecule has 11 heteroatoms. The largest absolute Gasteiger partial charge is 0.548 e. The fourth-order valence-corrected chi connectivity index (χ4v) is 4.68. The van der Waals surface area contributed by atoms with Gasteiger partial charge in [-0.1, -0.05) is 0 Å². The highest BCUT2D eigenvalue weighted by Gasteiger charge is 2.38. The maximum Gasteiger partial charge on any atom is 0.214 e. The standard InChI is InChI=1S/C9H17ClN2O6S2/c1-19(15,16)11-4-5-12(8(7-11)9(13)14)20(17,18)6-2-3-10/h8H,2-7H2,1H3,(H,13,14)/p-1. The summed E-state index contributed by atoms with van der Waals surface area (Å²) in [5, 5.41) is 11.1. The summed E-state index contributed by atoms with van der Waals surface area (Å²) in [6, 6.07) is -1.51. The van der Waals surface area contributed by atoms with E-state index in [1.54, 1.807) is 0 Å². The molecular weight excluding hydrogens is 332 g/mol. The molecule has 0 saturated carbocycles. The highest BCUT2D eigenvalue weighted by atomic mass is 35.5. The predicted octanol–water partition coefficient (Wildman–Crippen LogP) is -2.36. The van der Waals surface area contributed by atoms with E-state index in [0.29, 0.717) is 0 Å². The van der Waals surface area contributed by atoms with Crippen LogP contribution in [0.25, 0.3) is 0 Å². The Morgan fingerprint density at radius 1 is 1.30 bits per heavy atom. The van der Waals surface area contributed by atoms with Crippen molar-refractivity contribution in [2.75, 3.05) is 37.5 Å². The van der Waals surface area contributed by atoms with Crippen LogP contribution in [0, 0.1) is 0 Å². The Hall–Kier alpha value is -0.420. The minimum Gasteiger partial charge on any atom is -0.548 e. The average Bonchev–Trinajstić information content (AvgIpc) is 2.34. The van der Waals surface area contributed by atoms with Crippen LogP contribution in [0.4, 0.5) is 0 Å². The van der Waals surface area contributed by atoms with Crippen LogP contribution < -0.4 is 5.11 Å². The van der Waals surface area contributed by atoms with E-state index < -0.39 is 38.6 Å². The Balaban J connectivity index is 2.97. The molecule has 1 heterocycles. The van der Waals surface area contributed by atoms with Gasteiger partial charge in [-0.05, 0) is 6.42 Å². The van der Waals surface area contributed by atoms with Crippen molar-refractivity contribution in [3.05, 3.63) is 0 Å². The molecule has 1 fully saturated rings. The topological polar surface area (TPSA) is 115 Å². The first kappa shape index (κ1) is 17.6. The number of carbonyl (C=O) groups is 1. The van der Waals surface area contributed by atoms with Gasteiger partial charge >= 0.3 is 0 Å². The maximum absolute atomic E-state index is 12.0. The van der Waals surface area contributed by atoms with Crippen LogP contribution in [0.1, 0.15) is 6.42 Å². The molecule has 8 nitrogen and oxygen atoms in total. The van der Waals surface area contributed by atoms with Crippen LogP contribution in [0.5, 0.6) is 0 Å². The number of carbonyl (C=O) groups excluding carboxylic acids is 1. The SMILES string of the molecule is CS(=O)(=O)N1CCN(S(=O)(=O)CCCCl)C(C(=O)[O-])C1. The Labute approximate surface area is 123 Å². The van der Waals surface area contributed by atoms with Gasteiger partial charge in [0.25, 0.3) is 0 Å². The normalized spacial score (nSPS) is 22.8. The van der Waals surface area contributed by atoms with E-state index in [1.165, 1.54) is 0 Å². The fourth-order valence-electron chi connectivity index (χ4n) is 1.92. The third-order valence-electron chi connectivity index (χ3n) is 2.93. The number of nitrogens with zero attached hydrogens (tertiary/aromatic N) is 2. The molecule has 0 aromatic rings. The van der Waals surface area contributed by atoms with Gasteiger partial charge in [-0.15, -0.1) is 11.6 Å². The van der Waals surface area contributed by atoms with Crippen molar-refractivity contribution in [1.29, 1.82) is 0 Å². The van der Waals surface area contributed by atoms with E-state index in [1.807, 2.05) is 0 Å². The van der Waals surface area contributed by atoms with Crippen molar-refractivity contribution >= 4 is 37.6 Å². The first-order valence-corrected chi connectivity index (χ1v) is 9.80. The quantitative estimate of drug-likeness (QED) is 0.496. The van der Waals surface area contributed by atoms with Crippen LogP contribution in [-0.2, 0) is 24.8 Å². The summed E-state index contributed by atoms with van der Waals surface area (Å²) >= 11 is 5.43. The zero-order valence-electron chi connectivity index (χ0n) is 10.9. The van der Waals surface area contributed by atoms with Crippen LogP contribution >= 0.6 is 11.6 Å². The lowest BCUT2D eigenvalue weighted by Gasteiger charge is -2.39. The number of piperazine rings is 1. The first-order chi connectivity index (χ1) is 9.09. The second kappa shape index (κ2) is 6.56. The number of hydrogen-bond acceptors (Lipinski definition) is 6. The van der Waals surface area contributed by atoms with Crippen LogP contribution in [0.15, 0.2) is 0 Å². The zero-order chi connectivity index (χ0) is 15.6. The lowest BCUT2D eigenvalue weighted by molar-refractivity contribution is -0.311. The second-order valence-corrected chi connectivity index (χ2v) is 8.83. The molecule has 0 aromatic heterocycles. The molecule has 1 saturated heterocycles. The van der Waals surface area contributed by atoms with E-state index in [-0.39, 0.29) is 31.1 Å². The van der Waals surface area contributed by atoms with Crippen LogP contribution in [0.2, 0.25) is 0 Å². The van der Waals surface area contributed by atoms with Gasteiger partial charge in [0.2, 0.25) is 20.0 Å². The molecule has 1 rings (SSSR count). The molecule has 20 heavy (non-hydrogen) atoms. The van der Waals surface area contributed by atoms with Crippen molar-refractivity contribution < 1.29 is 26.7 Å². The second-order valence-electron chi connectivity index (χ2n) is 4.43. The Morgan fingerprint density at radius 2 is 1.90 bits per heavy atom. The van der Waals surface area contributed by atoms with Gasteiger partial charge in [0, 0.05) is 25.5 Å². The molecule has 0 bridgehead atoms. The lowest BCUT2D eigenvalue weighted by Crippen LogP contribution is -2.62. The maximum atomic E-state index is 12.0. The zero-order valence-corrected chi connectivity index (χ0v) is 13.2. The predicted molar refractivity (Wildman–Crippen MR) is 71.0 cm³/mol. The smallest absolute Gasteiger partial charge is 0.214 e. The number of hydrogen-bond donors (Lipinski definition) is 0. The van der Waals surface area contributed by atoms with E-state index in [0.717, 1.165) is 14.9 Å². The first-order valence-electron chi connectivity index (χ1n) is 5.81. The minimum atomic E-state index is -3.80. The van der Waals surface area contributed by atoms with Crippen molar-refractivity contribution in [3.8, 4) is 0 Å². The number of sulfonamides is 2. The summed E-state index contributed by atoms with van der Waals surface area (Å²) < 4.78 is 48.6. The van der Waals surface area contributed by atoms with Crippen molar-refractivity contribution in [1.82, 2.24) is 8.61 Å². The van der Waals surface area contributed by atoms with E-state index >= 15 is 0 Å². The Morgan fingerprint density at radius 3 is 2.35 bits per heavy atom. The Bertz CT molecular complexity index is 561. The van der Waals surface area contributed by atoms with Gasteiger partial charge in [0.15, 0.2) is 0 Å². The third kappa shape index (κ3) is 4.29. The lowest BCUT2D eigenvalue weighted by atomic mass is 10.2. The molecule has 0 aliphatic carbocycles. The monoisotopic (exact) mass is 347 g/mol. The van der Waals surface area contributed by atoms with Gasteiger partial charge in [0.05, 0.1) is 24.0 Å². The van der Waals surface area contributed by atoms with Gasteiger partial charge in [-0.25, -0.2) is 16.8 Å². The summed E-state index contributed by atoms with van der Waals surface area (Å²) in [7, 11) is -7.38. The van der Waals surface area contributed by atoms with Gasteiger partial charge in [0.1, 0.15) is 0 Å². The van der Waals surface area contributed by atoms with Gasteiger partial charge in [-0.3, -0.25) is 0 Å². The molecule has 0 amide bonds. The van der Waals surface area contributed by atoms with E-state index in [2.05, 4.69) is 0 Å². The number of carboxylic acids is 1. The van der Waals surface area contributed by atoms with Crippen LogP contribution in [0.3, 0.4) is 0 Å². The van der Waals surface area contributed by atoms with Gasteiger partial charge < -0.3 is 9.90 Å². The molecule has 1 aliphatic heterocycles. The molecule has 0 spiro atoms. The average molecular weight is 348 g/mol. The molecular formula is C9H16ClN2O6S2-. The van der Waals surface area contributed by atoms with Crippen molar-refractivity contribution in [3.63, 3.8) is 0 Å². The minimum absolute atomic E-state index is 0.0806. The highest BCUT2D eigenvalue weighted by molar-refractivity contribution is 7.89. The van der Waals surface area contributed by atoms with Crippen LogP contribution in [-0.4, -0.2) is 75.0 Å². The number of halogens is 1. The molecule has 1 unspecified atom stereocenters. The summed E-state index contributed by atoms with van der Waals surface area (Å²) in [5.74, 6) is -1.76. The molecule has 0 N–H and O–H groups in total. The van der Waals surface area contributed by atoms with E-state index in [9.17, 15) is 26.7 Å². The number of alkyl halides is 1. The fraction of sp³-hybridized carbons (Fsp3) is 0.889. The third-order valence-corrected chi connectivity index (χ3v) is 6.42. The Kier molecular flexibility index (Phi) is 5.79.